The van der Waals surface area contributed by atoms with Crippen LogP contribution in [0.3, 0.4) is 0 Å². The molecule has 1 aliphatic rings. The average molecular weight is 463 g/mol. The summed E-state index contributed by atoms with van der Waals surface area (Å²) in [7, 11) is 1.65. The van der Waals surface area contributed by atoms with Crippen molar-refractivity contribution in [3.63, 3.8) is 0 Å². The second-order valence-electron chi connectivity index (χ2n) is 8.10. The first-order valence-electron chi connectivity index (χ1n) is 8.97. The lowest BCUT2D eigenvalue weighted by molar-refractivity contribution is -0.138. The van der Waals surface area contributed by atoms with Gasteiger partial charge in [-0.2, -0.15) is 13.2 Å². The molecule has 0 unspecified atom stereocenters. The number of nitrogens with zero attached hydrogens (tertiary/aromatic N) is 2. The number of ether oxygens (including phenoxy) is 1. The van der Waals surface area contributed by atoms with E-state index in [-0.39, 0.29) is 17.3 Å². The van der Waals surface area contributed by atoms with E-state index in [1.165, 1.54) is 11.0 Å². The summed E-state index contributed by atoms with van der Waals surface area (Å²) < 4.78 is 48.0. The molecule has 156 valence electrons. The number of hydrogen-bond donors (Lipinski definition) is 0. The Morgan fingerprint density at radius 2 is 1.93 bits per heavy atom. The van der Waals surface area contributed by atoms with Crippen molar-refractivity contribution in [2.45, 2.75) is 64.4 Å². The molecular weight excluding hydrogens is 437 g/mol. The first-order chi connectivity index (χ1) is 12.7. The van der Waals surface area contributed by atoms with Crippen molar-refractivity contribution >= 4 is 34.7 Å². The lowest BCUT2D eigenvalue weighted by Gasteiger charge is -2.42. The molecular formula is C20H26BrF3N2O2. The molecule has 0 aliphatic heterocycles. The molecule has 0 atom stereocenters. The first kappa shape index (κ1) is 22.6. The fraction of sp³-hybridized carbons (Fsp3) is 0.550. The summed E-state index contributed by atoms with van der Waals surface area (Å²) in [6, 6.07) is -0.215. The van der Waals surface area contributed by atoms with Crippen LogP contribution in [-0.4, -0.2) is 34.3 Å². The van der Waals surface area contributed by atoms with E-state index in [1.54, 1.807) is 45.4 Å². The van der Waals surface area contributed by atoms with Gasteiger partial charge in [-0.15, -0.1) is 0 Å². The van der Waals surface area contributed by atoms with Crippen molar-refractivity contribution in [1.29, 1.82) is 0 Å². The molecule has 0 N–H and O–H groups in total. The van der Waals surface area contributed by atoms with E-state index in [1.807, 2.05) is 0 Å². The zero-order valence-electron chi connectivity index (χ0n) is 16.7. The molecule has 0 bridgehead atoms. The third-order valence-corrected chi connectivity index (χ3v) is 4.94. The molecule has 4 nitrogen and oxygen atoms in total. The molecule has 0 spiro atoms. The van der Waals surface area contributed by atoms with Gasteiger partial charge in [0.15, 0.2) is 0 Å². The van der Waals surface area contributed by atoms with Crippen LogP contribution in [0.15, 0.2) is 16.8 Å². The second-order valence-corrected chi connectivity index (χ2v) is 9.35. The Morgan fingerprint density at radius 3 is 2.39 bits per heavy atom. The fourth-order valence-electron chi connectivity index (χ4n) is 3.10. The Hall–Kier alpha value is -1.70. The van der Waals surface area contributed by atoms with Gasteiger partial charge in [0.25, 0.3) is 0 Å². The van der Waals surface area contributed by atoms with Crippen molar-refractivity contribution in [3.05, 3.63) is 32.9 Å². The minimum atomic E-state index is -4.46. The maximum atomic E-state index is 13.5. The Kier molecular flexibility index (Phi) is 6.43. The quantitative estimate of drug-likeness (QED) is 0.659. The van der Waals surface area contributed by atoms with E-state index in [0.717, 1.165) is 10.7 Å². The number of amides is 1. The van der Waals surface area contributed by atoms with Crippen LogP contribution in [0.5, 0.6) is 0 Å². The van der Waals surface area contributed by atoms with Crippen molar-refractivity contribution in [1.82, 2.24) is 9.47 Å². The number of hydrogen-bond acceptors (Lipinski definition) is 2. The number of halogens is 4. The Labute approximate surface area is 171 Å². The van der Waals surface area contributed by atoms with E-state index in [9.17, 15) is 18.0 Å². The highest BCUT2D eigenvalue weighted by Crippen LogP contribution is 2.36. The van der Waals surface area contributed by atoms with Crippen molar-refractivity contribution in [3.8, 4) is 0 Å². The van der Waals surface area contributed by atoms with Gasteiger partial charge in [0.1, 0.15) is 5.60 Å². The highest BCUT2D eigenvalue weighted by molar-refractivity contribution is 9.11. The second kappa shape index (κ2) is 7.97. The van der Waals surface area contributed by atoms with Gasteiger partial charge in [-0.3, -0.25) is 0 Å². The summed E-state index contributed by atoms with van der Waals surface area (Å²) in [4.78, 5) is 13.7. The van der Waals surface area contributed by atoms with Crippen LogP contribution >= 0.6 is 15.9 Å². The van der Waals surface area contributed by atoms with Crippen LogP contribution in [0.4, 0.5) is 18.0 Å². The topological polar surface area (TPSA) is 34.5 Å². The highest BCUT2D eigenvalue weighted by atomic mass is 79.9. The van der Waals surface area contributed by atoms with Gasteiger partial charge in [-0.05, 0) is 45.0 Å². The van der Waals surface area contributed by atoms with Gasteiger partial charge in [0, 0.05) is 35.9 Å². The number of rotatable bonds is 3. The zero-order chi connectivity index (χ0) is 21.4. The molecule has 1 aromatic heterocycles. The molecule has 2 rings (SSSR count). The van der Waals surface area contributed by atoms with Gasteiger partial charge >= 0.3 is 12.3 Å². The van der Waals surface area contributed by atoms with E-state index in [4.69, 9.17) is 4.74 Å². The SMILES string of the molecule is C=c1/c(=C\C=C(/C)Br)c(C(F)(F)F)cn1C1CC(N(C)C(=O)OC(C)(C)C)C1. The highest BCUT2D eigenvalue weighted by Gasteiger charge is 2.39. The van der Waals surface area contributed by atoms with E-state index in [2.05, 4.69) is 22.5 Å². The summed E-state index contributed by atoms with van der Waals surface area (Å²) in [6.07, 6.45) is 0.335. The minimum absolute atomic E-state index is 0.0650. The molecule has 1 amide bonds. The summed E-state index contributed by atoms with van der Waals surface area (Å²) in [6.45, 7) is 11.0. The van der Waals surface area contributed by atoms with Gasteiger partial charge in [-0.25, -0.2) is 4.79 Å². The monoisotopic (exact) mass is 462 g/mol. The lowest BCUT2D eigenvalue weighted by Crippen LogP contribution is -2.49. The number of aromatic nitrogens is 1. The van der Waals surface area contributed by atoms with Crippen LogP contribution in [-0.2, 0) is 10.9 Å². The summed E-state index contributed by atoms with van der Waals surface area (Å²) >= 11 is 3.22. The Morgan fingerprint density at radius 1 is 1.36 bits per heavy atom. The molecule has 0 radical (unpaired) electrons. The number of carbonyl (C=O) groups is 1. The molecule has 1 aliphatic carbocycles. The number of carbonyl (C=O) groups excluding carboxylic acids is 1. The van der Waals surface area contributed by atoms with Crippen LogP contribution < -0.4 is 10.6 Å². The van der Waals surface area contributed by atoms with Crippen LogP contribution in [0.1, 0.15) is 52.1 Å². The van der Waals surface area contributed by atoms with Crippen LogP contribution in [0, 0.1) is 0 Å². The van der Waals surface area contributed by atoms with Crippen molar-refractivity contribution < 1.29 is 22.7 Å². The van der Waals surface area contributed by atoms with Gasteiger partial charge in [0.2, 0.25) is 0 Å². The maximum Gasteiger partial charge on any atom is 0.418 e. The fourth-order valence-corrected chi connectivity index (χ4v) is 3.23. The molecule has 1 heterocycles. The average Bonchev–Trinajstić information content (AvgIpc) is 2.79. The van der Waals surface area contributed by atoms with Gasteiger partial charge < -0.3 is 14.2 Å². The zero-order valence-corrected chi connectivity index (χ0v) is 18.3. The van der Waals surface area contributed by atoms with Gasteiger partial charge in [0.05, 0.1) is 5.56 Å². The largest absolute Gasteiger partial charge is 0.444 e. The minimum Gasteiger partial charge on any atom is -0.444 e. The molecule has 8 heteroatoms. The lowest BCUT2D eigenvalue weighted by atomic mass is 9.85. The Balaban J connectivity index is 2.23. The van der Waals surface area contributed by atoms with Gasteiger partial charge in [-0.1, -0.05) is 34.7 Å². The molecule has 0 aromatic carbocycles. The van der Waals surface area contributed by atoms with Crippen LogP contribution in [0.2, 0.25) is 0 Å². The van der Waals surface area contributed by atoms with Crippen LogP contribution in [0.25, 0.3) is 12.7 Å². The third-order valence-electron chi connectivity index (χ3n) is 4.68. The number of allylic oxidation sites excluding steroid dienone is 2. The molecule has 1 fully saturated rings. The standard InChI is InChI=1S/C20H26BrF3N2O2/c1-12(21)7-8-16-13(2)26(11-17(16)20(22,23)24)15-9-14(10-15)25(6)18(27)28-19(3,4)5/h7-8,11,14-15H,2,9-10H2,1,3-6H3/b12-7+,16-8+. The Bertz CT molecular complexity index is 871. The van der Waals surface area contributed by atoms with Crippen molar-refractivity contribution in [2.75, 3.05) is 7.05 Å². The predicted molar refractivity (Wildman–Crippen MR) is 107 cm³/mol. The smallest absolute Gasteiger partial charge is 0.418 e. The summed E-state index contributed by atoms with van der Waals surface area (Å²) in [5, 5.41) is 0.385. The van der Waals surface area contributed by atoms with E-state index < -0.39 is 23.4 Å². The summed E-state index contributed by atoms with van der Waals surface area (Å²) in [5.41, 5.74) is -1.30. The molecule has 28 heavy (non-hydrogen) atoms. The normalized spacial score (nSPS) is 21.5. The van der Waals surface area contributed by atoms with E-state index in [0.29, 0.717) is 18.2 Å². The summed E-state index contributed by atoms with van der Waals surface area (Å²) in [5.74, 6) is 0. The van der Waals surface area contributed by atoms with Crippen molar-refractivity contribution in [2.24, 2.45) is 0 Å². The molecule has 0 saturated heterocycles. The molecule has 1 saturated carbocycles. The number of alkyl halides is 3. The maximum absolute atomic E-state index is 13.5. The molecule has 1 aromatic rings. The van der Waals surface area contributed by atoms with E-state index >= 15 is 0 Å². The predicted octanol–water partition coefficient (Wildman–Crippen LogP) is 4.57. The first-order valence-corrected chi connectivity index (χ1v) is 9.77. The third kappa shape index (κ3) is 5.21.